The highest BCUT2D eigenvalue weighted by Gasteiger charge is 2.14. The van der Waals surface area contributed by atoms with Crippen LogP contribution in [0.1, 0.15) is 34.8 Å². The normalized spacial score (nSPS) is 12.0. The van der Waals surface area contributed by atoms with Crippen molar-refractivity contribution < 1.29 is 9.53 Å². The lowest BCUT2D eigenvalue weighted by atomic mass is 10.0. The van der Waals surface area contributed by atoms with Crippen molar-refractivity contribution in [2.75, 3.05) is 7.11 Å². The highest BCUT2D eigenvalue weighted by atomic mass is 16.5. The van der Waals surface area contributed by atoms with Crippen molar-refractivity contribution in [1.82, 2.24) is 15.3 Å². The molecule has 6 heteroatoms. The number of carbonyl (C=O) groups is 1. The molecule has 1 aromatic heterocycles. The number of aromatic nitrogens is 2. The van der Waals surface area contributed by atoms with Gasteiger partial charge in [-0.05, 0) is 48.4 Å². The van der Waals surface area contributed by atoms with Crippen molar-refractivity contribution in [2.24, 2.45) is 0 Å². The molecule has 0 spiro atoms. The molecule has 0 aliphatic carbocycles. The molecular weight excluding hydrogens is 318 g/mol. The maximum absolute atomic E-state index is 12.3. The summed E-state index contributed by atoms with van der Waals surface area (Å²) in [5.41, 5.74) is 0.733. The van der Waals surface area contributed by atoms with Crippen molar-refractivity contribution in [1.29, 1.82) is 0 Å². The van der Waals surface area contributed by atoms with E-state index in [-0.39, 0.29) is 23.2 Å². The van der Waals surface area contributed by atoms with E-state index in [0.29, 0.717) is 5.82 Å². The van der Waals surface area contributed by atoms with Gasteiger partial charge in [0.25, 0.3) is 11.5 Å². The molecule has 3 aromatic rings. The summed E-state index contributed by atoms with van der Waals surface area (Å²) in [7, 11) is 1.64. The molecule has 2 aromatic carbocycles. The summed E-state index contributed by atoms with van der Waals surface area (Å²) >= 11 is 0. The molecule has 1 amide bonds. The number of nitrogens with zero attached hydrogens (tertiary/aromatic N) is 1. The van der Waals surface area contributed by atoms with Crippen LogP contribution in [0.25, 0.3) is 10.8 Å². The van der Waals surface area contributed by atoms with Gasteiger partial charge in [-0.2, -0.15) is 0 Å². The van der Waals surface area contributed by atoms with Crippen molar-refractivity contribution in [2.45, 2.75) is 19.9 Å². The fourth-order valence-corrected chi connectivity index (χ4v) is 2.69. The highest BCUT2D eigenvalue weighted by Crippen LogP contribution is 2.24. The van der Waals surface area contributed by atoms with Gasteiger partial charge in [0.15, 0.2) is 0 Å². The molecule has 1 heterocycles. The first kappa shape index (κ1) is 16.7. The van der Waals surface area contributed by atoms with Crippen LogP contribution >= 0.6 is 0 Å². The Bertz CT molecular complexity index is 995. The van der Waals surface area contributed by atoms with E-state index in [2.05, 4.69) is 15.3 Å². The summed E-state index contributed by atoms with van der Waals surface area (Å²) in [5, 5.41) is 5.00. The fraction of sp³-hybridized carbons (Fsp3) is 0.211. The molecule has 1 atom stereocenters. The lowest BCUT2D eigenvalue weighted by Crippen LogP contribution is -2.29. The highest BCUT2D eigenvalue weighted by molar-refractivity contribution is 5.92. The van der Waals surface area contributed by atoms with E-state index in [1.165, 1.54) is 6.07 Å². The van der Waals surface area contributed by atoms with Crippen molar-refractivity contribution in [3.63, 3.8) is 0 Å². The second-order valence-electron chi connectivity index (χ2n) is 5.88. The number of nitrogens with one attached hydrogen (secondary N) is 2. The molecule has 0 fully saturated rings. The SMILES string of the molecule is COc1ccc2cc([C@@H](C)NC(=O)c3cc(=O)[nH]c(C)n3)ccc2c1. The molecule has 0 bridgehead atoms. The van der Waals surface area contributed by atoms with Gasteiger partial charge in [-0.15, -0.1) is 0 Å². The van der Waals surface area contributed by atoms with Crippen LogP contribution in [0.15, 0.2) is 47.3 Å². The average Bonchev–Trinajstić information content (AvgIpc) is 2.59. The van der Waals surface area contributed by atoms with Gasteiger partial charge in [0.2, 0.25) is 0 Å². The Hall–Kier alpha value is -3.15. The predicted octanol–water partition coefficient (Wildman–Crippen LogP) is 2.73. The predicted molar refractivity (Wildman–Crippen MR) is 96.0 cm³/mol. The lowest BCUT2D eigenvalue weighted by molar-refractivity contribution is 0.0934. The van der Waals surface area contributed by atoms with E-state index in [0.717, 1.165) is 22.1 Å². The third-order valence-corrected chi connectivity index (χ3v) is 4.01. The van der Waals surface area contributed by atoms with Gasteiger partial charge in [-0.25, -0.2) is 4.98 Å². The Labute approximate surface area is 144 Å². The Morgan fingerprint density at radius 1 is 1.16 bits per heavy atom. The average molecular weight is 337 g/mol. The van der Waals surface area contributed by atoms with Gasteiger partial charge >= 0.3 is 0 Å². The number of methoxy groups -OCH3 is 1. The van der Waals surface area contributed by atoms with Gasteiger partial charge in [0.05, 0.1) is 13.2 Å². The van der Waals surface area contributed by atoms with Crippen molar-refractivity contribution >= 4 is 16.7 Å². The quantitative estimate of drug-likeness (QED) is 0.767. The summed E-state index contributed by atoms with van der Waals surface area (Å²) in [4.78, 5) is 30.4. The first-order valence-corrected chi connectivity index (χ1v) is 7.93. The molecular formula is C19H19N3O3. The van der Waals surface area contributed by atoms with Crippen LogP contribution in [0, 0.1) is 6.92 Å². The molecule has 3 rings (SSSR count). The number of benzene rings is 2. The van der Waals surface area contributed by atoms with Crippen LogP contribution in [0.5, 0.6) is 5.75 Å². The maximum Gasteiger partial charge on any atom is 0.270 e. The summed E-state index contributed by atoms with van der Waals surface area (Å²) in [5.74, 6) is 0.832. The Morgan fingerprint density at radius 2 is 1.88 bits per heavy atom. The molecule has 0 aliphatic rings. The number of hydrogen-bond acceptors (Lipinski definition) is 4. The number of aromatic amines is 1. The third kappa shape index (κ3) is 3.68. The van der Waals surface area contributed by atoms with Crippen LogP contribution in [0.3, 0.4) is 0 Å². The van der Waals surface area contributed by atoms with Crippen LogP contribution in [0.2, 0.25) is 0 Å². The molecule has 128 valence electrons. The van der Waals surface area contributed by atoms with Crippen molar-refractivity contribution in [3.05, 3.63) is 69.9 Å². The molecule has 6 nitrogen and oxygen atoms in total. The van der Waals surface area contributed by atoms with Gasteiger partial charge < -0.3 is 15.0 Å². The van der Waals surface area contributed by atoms with Crippen LogP contribution < -0.4 is 15.6 Å². The first-order valence-electron chi connectivity index (χ1n) is 7.93. The van der Waals surface area contributed by atoms with Gasteiger partial charge in [-0.3, -0.25) is 9.59 Å². The Balaban J connectivity index is 1.82. The monoisotopic (exact) mass is 337 g/mol. The van der Waals surface area contributed by atoms with E-state index in [9.17, 15) is 9.59 Å². The molecule has 25 heavy (non-hydrogen) atoms. The number of fused-ring (bicyclic) bond motifs is 1. The van der Waals surface area contributed by atoms with E-state index >= 15 is 0 Å². The summed E-state index contributed by atoms with van der Waals surface area (Å²) in [6.45, 7) is 3.53. The Morgan fingerprint density at radius 3 is 2.60 bits per heavy atom. The number of carbonyl (C=O) groups excluding carboxylic acids is 1. The summed E-state index contributed by atoms with van der Waals surface area (Å²) < 4.78 is 5.23. The molecule has 0 aliphatic heterocycles. The van der Waals surface area contributed by atoms with Gasteiger partial charge in [-0.1, -0.05) is 18.2 Å². The molecule has 2 N–H and O–H groups in total. The zero-order valence-corrected chi connectivity index (χ0v) is 14.3. The van der Waals surface area contributed by atoms with Crippen molar-refractivity contribution in [3.8, 4) is 5.75 Å². The minimum Gasteiger partial charge on any atom is -0.497 e. The number of ether oxygens (including phenoxy) is 1. The van der Waals surface area contributed by atoms with Gasteiger partial charge in [0, 0.05) is 6.07 Å². The zero-order valence-electron chi connectivity index (χ0n) is 14.3. The van der Waals surface area contributed by atoms with E-state index < -0.39 is 0 Å². The van der Waals surface area contributed by atoms with E-state index in [1.54, 1.807) is 14.0 Å². The minimum absolute atomic E-state index is 0.110. The summed E-state index contributed by atoms with van der Waals surface area (Å²) in [6, 6.07) is 12.8. The molecule has 0 saturated carbocycles. The number of H-pyrrole nitrogens is 1. The fourth-order valence-electron chi connectivity index (χ4n) is 2.69. The standard InChI is InChI=1S/C19H19N3O3/c1-11(20-19(24)17-10-18(23)22-12(2)21-17)13-4-5-15-9-16(25-3)7-6-14(15)8-13/h4-11H,1-3H3,(H,20,24)(H,21,22,23)/t11-/m1/s1. The van der Waals surface area contributed by atoms with Crippen LogP contribution in [0.4, 0.5) is 0 Å². The number of amides is 1. The largest absolute Gasteiger partial charge is 0.497 e. The second kappa shape index (κ2) is 6.76. The zero-order chi connectivity index (χ0) is 18.0. The van der Waals surface area contributed by atoms with E-state index in [1.807, 2.05) is 43.3 Å². The maximum atomic E-state index is 12.3. The smallest absolute Gasteiger partial charge is 0.270 e. The summed E-state index contributed by atoms with van der Waals surface area (Å²) in [6.07, 6.45) is 0. The minimum atomic E-state index is -0.378. The number of hydrogen-bond donors (Lipinski definition) is 2. The van der Waals surface area contributed by atoms with Gasteiger partial charge in [0.1, 0.15) is 17.3 Å². The number of aryl methyl sites for hydroxylation is 1. The third-order valence-electron chi connectivity index (χ3n) is 4.01. The molecule has 0 saturated heterocycles. The van der Waals surface area contributed by atoms with E-state index in [4.69, 9.17) is 4.74 Å². The Kier molecular flexibility index (Phi) is 4.52. The molecule has 0 unspecified atom stereocenters. The lowest BCUT2D eigenvalue weighted by Gasteiger charge is -2.15. The first-order chi connectivity index (χ1) is 12.0. The molecule has 0 radical (unpaired) electrons. The van der Waals surface area contributed by atoms with Crippen LogP contribution in [-0.2, 0) is 0 Å². The van der Waals surface area contributed by atoms with Crippen LogP contribution in [-0.4, -0.2) is 23.0 Å². The second-order valence-corrected chi connectivity index (χ2v) is 5.88. The number of rotatable bonds is 4. The topological polar surface area (TPSA) is 84.1 Å².